The minimum absolute atomic E-state index is 0.197. The Labute approximate surface area is 97.2 Å². The zero-order valence-electron chi connectivity index (χ0n) is 10.2. The van der Waals surface area contributed by atoms with Crippen molar-refractivity contribution in [3.8, 4) is 0 Å². The topological polar surface area (TPSA) is 50.8 Å². The highest BCUT2D eigenvalue weighted by Crippen LogP contribution is 2.18. The highest BCUT2D eigenvalue weighted by atomic mass is 16.8. The van der Waals surface area contributed by atoms with E-state index in [0.717, 1.165) is 25.9 Å². The second-order valence-electron chi connectivity index (χ2n) is 4.18. The number of hydrogen-bond acceptors (Lipinski definition) is 4. The van der Waals surface area contributed by atoms with Gasteiger partial charge in [-0.2, -0.15) is 5.06 Å². The van der Waals surface area contributed by atoms with Gasteiger partial charge in [-0.3, -0.25) is 4.84 Å². The molecule has 0 amide bonds. The first-order valence-electron chi connectivity index (χ1n) is 5.85. The summed E-state index contributed by atoms with van der Waals surface area (Å²) in [6.45, 7) is 3.93. The zero-order valence-corrected chi connectivity index (χ0v) is 10.2. The van der Waals surface area contributed by atoms with Gasteiger partial charge in [-0.25, -0.2) is 5.11 Å². The Hall–Kier alpha value is -0.200. The number of ether oxygens (including phenoxy) is 2. The largest absolute Gasteiger partial charge is 0.373 e. The Morgan fingerprint density at radius 2 is 1.94 bits per heavy atom. The fourth-order valence-corrected chi connectivity index (χ4v) is 1.67. The molecule has 0 spiro atoms. The van der Waals surface area contributed by atoms with Gasteiger partial charge >= 0.3 is 0 Å². The lowest BCUT2D eigenvalue weighted by Crippen LogP contribution is -2.45. The van der Waals surface area contributed by atoms with Crippen LogP contribution in [0.2, 0.25) is 0 Å². The van der Waals surface area contributed by atoms with Crippen molar-refractivity contribution < 1.29 is 19.4 Å². The van der Waals surface area contributed by atoms with E-state index < -0.39 is 5.79 Å². The fraction of sp³-hybridized carbons (Fsp3) is 1.00. The van der Waals surface area contributed by atoms with Crippen LogP contribution < -0.4 is 0 Å². The van der Waals surface area contributed by atoms with E-state index >= 15 is 0 Å². The third kappa shape index (κ3) is 4.76. The van der Waals surface area contributed by atoms with Crippen LogP contribution in [0.3, 0.4) is 0 Å². The summed E-state index contributed by atoms with van der Waals surface area (Å²) >= 11 is 0. The lowest BCUT2D eigenvalue weighted by molar-refractivity contribution is -0.347. The Bertz CT molecular complexity index is 185. The molecule has 1 heterocycles. The summed E-state index contributed by atoms with van der Waals surface area (Å²) in [4.78, 5) is 5.76. The van der Waals surface area contributed by atoms with E-state index in [1.54, 1.807) is 7.11 Å². The maximum Gasteiger partial charge on any atom is 0.208 e. The molecule has 1 rings (SSSR count). The quantitative estimate of drug-likeness (QED) is 0.489. The van der Waals surface area contributed by atoms with Crippen LogP contribution in [-0.4, -0.2) is 50.9 Å². The van der Waals surface area contributed by atoms with Crippen LogP contribution in [0, 0.1) is 0 Å². The lowest BCUT2D eigenvalue weighted by atomic mass is 10.2. The Morgan fingerprint density at radius 3 is 2.50 bits per heavy atom. The number of hydrogen-bond donors (Lipinski definition) is 0. The second kappa shape index (κ2) is 7.19. The normalized spacial score (nSPS) is 21.9. The smallest absolute Gasteiger partial charge is 0.208 e. The van der Waals surface area contributed by atoms with Crippen molar-refractivity contribution in [2.45, 2.75) is 32.0 Å². The molecule has 0 N–H and O–H groups in total. The van der Waals surface area contributed by atoms with Crippen molar-refractivity contribution in [3.05, 3.63) is 0 Å². The summed E-state index contributed by atoms with van der Waals surface area (Å²) in [6.07, 6.45) is 3.57. The molecular formula is C11H22NO4. The molecule has 16 heavy (non-hydrogen) atoms. The first kappa shape index (κ1) is 13.9. The van der Waals surface area contributed by atoms with Crippen LogP contribution in [0.1, 0.15) is 26.2 Å². The monoisotopic (exact) mass is 232 g/mol. The van der Waals surface area contributed by atoms with E-state index in [-0.39, 0.29) is 19.8 Å². The molecule has 5 nitrogen and oxygen atoms in total. The van der Waals surface area contributed by atoms with E-state index in [1.165, 1.54) is 6.42 Å². The third-order valence-electron chi connectivity index (χ3n) is 2.66. The van der Waals surface area contributed by atoms with Gasteiger partial charge in [0.15, 0.2) is 0 Å². The van der Waals surface area contributed by atoms with Crippen molar-refractivity contribution in [2.75, 3.05) is 40.0 Å². The Morgan fingerprint density at radius 1 is 1.25 bits per heavy atom. The van der Waals surface area contributed by atoms with E-state index in [9.17, 15) is 5.11 Å². The molecule has 1 unspecified atom stereocenters. The molecule has 95 valence electrons. The van der Waals surface area contributed by atoms with Crippen molar-refractivity contribution in [3.63, 3.8) is 0 Å². The molecule has 0 aromatic rings. The number of nitrogens with zero attached hydrogens (tertiary/aromatic N) is 1. The van der Waals surface area contributed by atoms with E-state index in [1.807, 2.05) is 12.0 Å². The van der Waals surface area contributed by atoms with Crippen LogP contribution >= 0.6 is 0 Å². The lowest BCUT2D eigenvalue weighted by Gasteiger charge is -2.35. The van der Waals surface area contributed by atoms with Gasteiger partial charge in [0.2, 0.25) is 5.79 Å². The molecule has 0 bridgehead atoms. The Balaban J connectivity index is 2.32. The SMILES string of the molecule is COC(C)(COCC[O])ON1CCCCC1. The average Bonchev–Trinajstić information content (AvgIpc) is 2.31. The highest BCUT2D eigenvalue weighted by Gasteiger charge is 2.29. The molecule has 0 aliphatic carbocycles. The summed E-state index contributed by atoms with van der Waals surface area (Å²) in [7, 11) is 1.59. The zero-order chi connectivity index (χ0) is 11.9. The predicted octanol–water partition coefficient (Wildman–Crippen LogP) is 1.21. The number of methoxy groups -OCH3 is 1. The summed E-state index contributed by atoms with van der Waals surface area (Å²) < 4.78 is 10.5. The molecule has 5 heteroatoms. The number of piperidine rings is 1. The van der Waals surface area contributed by atoms with Crippen LogP contribution in [0.25, 0.3) is 0 Å². The van der Waals surface area contributed by atoms with Crippen LogP contribution in [0.15, 0.2) is 0 Å². The average molecular weight is 232 g/mol. The Kier molecular flexibility index (Phi) is 6.23. The van der Waals surface area contributed by atoms with Gasteiger partial charge < -0.3 is 9.47 Å². The summed E-state index contributed by atoms with van der Waals surface area (Å²) in [5, 5.41) is 12.2. The fourth-order valence-electron chi connectivity index (χ4n) is 1.67. The summed E-state index contributed by atoms with van der Waals surface area (Å²) in [5.74, 6) is -0.785. The van der Waals surface area contributed by atoms with Crippen molar-refractivity contribution >= 4 is 0 Å². The first-order chi connectivity index (χ1) is 7.70. The maximum atomic E-state index is 10.3. The van der Waals surface area contributed by atoms with Crippen LogP contribution in [0.4, 0.5) is 0 Å². The molecule has 1 aliphatic rings. The molecule has 0 saturated carbocycles. The van der Waals surface area contributed by atoms with E-state index in [4.69, 9.17) is 14.3 Å². The van der Waals surface area contributed by atoms with Gasteiger partial charge in [-0.05, 0) is 19.8 Å². The predicted molar refractivity (Wildman–Crippen MR) is 58.3 cm³/mol. The minimum atomic E-state index is -0.785. The summed E-state index contributed by atoms with van der Waals surface area (Å²) in [5.41, 5.74) is 0. The summed E-state index contributed by atoms with van der Waals surface area (Å²) in [6, 6.07) is 0. The van der Waals surface area contributed by atoms with Gasteiger partial charge in [0, 0.05) is 20.2 Å². The molecule has 1 fully saturated rings. The van der Waals surface area contributed by atoms with E-state index in [0.29, 0.717) is 0 Å². The van der Waals surface area contributed by atoms with Gasteiger partial charge in [0.05, 0.1) is 6.61 Å². The molecule has 1 atom stereocenters. The van der Waals surface area contributed by atoms with Gasteiger partial charge in [0.25, 0.3) is 0 Å². The first-order valence-corrected chi connectivity index (χ1v) is 5.85. The van der Waals surface area contributed by atoms with E-state index in [2.05, 4.69) is 0 Å². The minimum Gasteiger partial charge on any atom is -0.373 e. The van der Waals surface area contributed by atoms with Crippen molar-refractivity contribution in [1.29, 1.82) is 0 Å². The second-order valence-corrected chi connectivity index (χ2v) is 4.18. The molecule has 0 aromatic heterocycles. The third-order valence-corrected chi connectivity index (χ3v) is 2.66. The van der Waals surface area contributed by atoms with Gasteiger partial charge in [0.1, 0.15) is 13.2 Å². The van der Waals surface area contributed by atoms with Gasteiger partial charge in [-0.15, -0.1) is 0 Å². The van der Waals surface area contributed by atoms with Crippen LogP contribution in [-0.2, 0) is 19.4 Å². The molecule has 1 saturated heterocycles. The maximum absolute atomic E-state index is 10.3. The van der Waals surface area contributed by atoms with Crippen LogP contribution in [0.5, 0.6) is 0 Å². The molecule has 1 radical (unpaired) electrons. The number of hydroxylamine groups is 2. The van der Waals surface area contributed by atoms with Crippen molar-refractivity contribution in [1.82, 2.24) is 5.06 Å². The van der Waals surface area contributed by atoms with Crippen molar-refractivity contribution in [2.24, 2.45) is 0 Å². The molecule has 1 aliphatic heterocycles. The highest BCUT2D eigenvalue weighted by molar-refractivity contribution is 4.63. The molecule has 0 aromatic carbocycles. The standard InChI is InChI=1S/C11H22NO4/c1-11(14-2,10-15-9-8-13)16-12-6-4-3-5-7-12/h3-10H2,1-2H3. The number of rotatable bonds is 7. The van der Waals surface area contributed by atoms with Gasteiger partial charge in [-0.1, -0.05) is 6.42 Å². The molecular weight excluding hydrogens is 210 g/mol.